The number of nitrogens with zero attached hydrogens (tertiary/aromatic N) is 4. The number of rotatable bonds is 16. The largest absolute Gasteiger partial charge is 2.00 e. The van der Waals surface area contributed by atoms with Gasteiger partial charge in [-0.25, -0.2) is 8.42 Å². The van der Waals surface area contributed by atoms with Gasteiger partial charge in [-0.05, 0) is 128 Å². The zero-order chi connectivity index (χ0) is 54.9. The molecule has 18 nitrogen and oxygen atoms in total. The van der Waals surface area contributed by atoms with Gasteiger partial charge in [-0.2, -0.15) is 13.5 Å². The molecule has 0 saturated carbocycles. The van der Waals surface area contributed by atoms with Gasteiger partial charge < -0.3 is 34.9 Å². The molecular weight excluding hydrogens is 1200 g/mol. The van der Waals surface area contributed by atoms with Crippen molar-refractivity contribution >= 4 is 160 Å². The fraction of sp³-hybridized carbons (Fsp3) is 0.148. The third-order valence-corrected chi connectivity index (χ3v) is 13.9. The van der Waals surface area contributed by atoms with Gasteiger partial charge in [0.25, 0.3) is 21.9 Å². The van der Waals surface area contributed by atoms with Gasteiger partial charge in [-0.1, -0.05) is 91.3 Å². The summed E-state index contributed by atoms with van der Waals surface area (Å²) in [5, 5.41) is 48.8. The number of amides is 2. The quantitative estimate of drug-likeness (QED) is 0.0399. The standard InChI is InChI=1S/2C27H24ClN3O6S.Ba/c2*1-3-19-23(38(34,35)36)14-13-22(28)24(19)30-31-25-20-8-6-5-7-16(20)15-21(26(25)32)27(33)29-17-9-11-18(12-10-17)37-4-2;/h2*5-15,32H,3-4H2,1-2H3,(H,29,33)(H,34,35,36);/q;;+2/p-2. The molecule has 0 aliphatic heterocycles. The van der Waals surface area contributed by atoms with Gasteiger partial charge in [-0.15, -0.1) is 15.3 Å². The number of phenols is 1. The Morgan fingerprint density at radius 3 is 1.43 bits per heavy atom. The van der Waals surface area contributed by atoms with Gasteiger partial charge in [0.05, 0.1) is 44.3 Å². The Morgan fingerprint density at radius 2 is 0.974 bits per heavy atom. The molecule has 4 N–H and O–H groups in total. The molecule has 0 heterocycles. The Balaban J connectivity index is 0.000000246. The second kappa shape index (κ2) is 26.3. The number of benzene rings is 8. The molecule has 0 aliphatic rings. The summed E-state index contributed by atoms with van der Waals surface area (Å²) >= 11 is 12.5. The fourth-order valence-corrected chi connectivity index (χ4v) is 9.92. The maximum atomic E-state index is 13.4. The van der Waals surface area contributed by atoms with E-state index in [1.165, 1.54) is 30.3 Å². The molecule has 0 bridgehead atoms. The van der Waals surface area contributed by atoms with Crippen LogP contribution in [-0.2, 0) is 33.1 Å². The molecule has 0 radical (unpaired) electrons. The summed E-state index contributed by atoms with van der Waals surface area (Å²) < 4.78 is 79.3. The van der Waals surface area contributed by atoms with Crippen LogP contribution in [0.1, 0.15) is 59.5 Å². The first-order chi connectivity index (χ1) is 36.3. The van der Waals surface area contributed by atoms with E-state index in [0.717, 1.165) is 6.07 Å². The summed E-state index contributed by atoms with van der Waals surface area (Å²) in [5.41, 5.74) is 0.845. The zero-order valence-electron chi connectivity index (χ0n) is 41.6. The van der Waals surface area contributed by atoms with Gasteiger partial charge in [0.1, 0.15) is 38.7 Å². The molecule has 0 aliphatic carbocycles. The van der Waals surface area contributed by atoms with E-state index in [4.69, 9.17) is 32.7 Å². The van der Waals surface area contributed by atoms with Crippen LogP contribution in [0.3, 0.4) is 0 Å². The molecule has 77 heavy (non-hydrogen) atoms. The number of halogens is 2. The molecule has 392 valence electrons. The Hall–Kier alpha value is -6.41. The van der Waals surface area contributed by atoms with Crippen molar-refractivity contribution in [2.45, 2.75) is 50.3 Å². The molecule has 2 amide bonds. The summed E-state index contributed by atoms with van der Waals surface area (Å²) in [5.74, 6) is -1.02. The average Bonchev–Trinajstić information content (AvgIpc) is 3.39. The van der Waals surface area contributed by atoms with Crippen LogP contribution in [0.4, 0.5) is 34.1 Å². The minimum Gasteiger partial charge on any atom is -0.870 e. The molecule has 0 atom stereocenters. The summed E-state index contributed by atoms with van der Waals surface area (Å²) in [4.78, 5) is 25.4. The number of carbonyl (C=O) groups excluding carboxylic acids is 2. The molecule has 0 aromatic heterocycles. The fourth-order valence-electron chi connectivity index (χ4n) is 7.92. The summed E-state index contributed by atoms with van der Waals surface area (Å²) in [6.07, 6.45) is 0.308. The number of phenolic OH excluding ortho intramolecular Hbond substituents is 1. The smallest absolute Gasteiger partial charge is 0.870 e. The van der Waals surface area contributed by atoms with E-state index in [9.17, 15) is 45.7 Å². The van der Waals surface area contributed by atoms with Crippen molar-refractivity contribution in [2.75, 3.05) is 23.8 Å². The molecule has 8 rings (SSSR count). The normalized spacial score (nSPS) is 11.5. The van der Waals surface area contributed by atoms with Crippen molar-refractivity contribution in [3.8, 4) is 23.0 Å². The van der Waals surface area contributed by atoms with Crippen LogP contribution in [0, 0.1) is 0 Å². The first kappa shape index (κ1) is 59.8. The Kier molecular flexibility index (Phi) is 20.4. The van der Waals surface area contributed by atoms with E-state index in [1.807, 2.05) is 13.8 Å². The minimum atomic E-state index is -4.80. The number of anilines is 2. The van der Waals surface area contributed by atoms with Gasteiger partial charge >= 0.3 is 48.9 Å². The molecule has 0 unspecified atom stereocenters. The van der Waals surface area contributed by atoms with Crippen LogP contribution in [-0.4, -0.2) is 105 Å². The summed E-state index contributed by atoms with van der Waals surface area (Å²) in [6, 6.07) is 35.1. The minimum absolute atomic E-state index is 0. The van der Waals surface area contributed by atoms with E-state index in [-0.39, 0.29) is 122 Å². The van der Waals surface area contributed by atoms with Crippen molar-refractivity contribution in [3.63, 3.8) is 0 Å². The predicted molar refractivity (Wildman–Crippen MR) is 294 cm³/mol. The third-order valence-electron chi connectivity index (χ3n) is 11.4. The topological polar surface area (TPSA) is 281 Å². The third kappa shape index (κ3) is 14.2. The first-order valence-electron chi connectivity index (χ1n) is 23.2. The number of carbonyl (C=O) groups is 2. The maximum Gasteiger partial charge on any atom is 2.00 e. The van der Waals surface area contributed by atoms with E-state index in [2.05, 4.69) is 31.1 Å². The molecule has 0 fully saturated rings. The summed E-state index contributed by atoms with van der Waals surface area (Å²) in [7, 11) is -9.33. The first-order valence-corrected chi connectivity index (χ1v) is 26.8. The van der Waals surface area contributed by atoms with Crippen LogP contribution >= 0.6 is 23.2 Å². The number of azo groups is 2. The van der Waals surface area contributed by atoms with Crippen LogP contribution in [0.5, 0.6) is 23.0 Å². The molecule has 8 aromatic carbocycles. The van der Waals surface area contributed by atoms with Gasteiger partial charge in [0.15, 0.2) is 5.75 Å². The van der Waals surface area contributed by atoms with Gasteiger partial charge in [-0.3, -0.25) is 14.1 Å². The molecule has 23 heteroatoms. The number of nitrogens with one attached hydrogen (secondary N) is 2. The number of hydrogen-bond acceptors (Lipinski definition) is 15. The predicted octanol–water partition coefficient (Wildman–Crippen LogP) is 12.8. The van der Waals surface area contributed by atoms with E-state index >= 15 is 0 Å². The molecular formula is C54H46BaCl2N6O12S2. The van der Waals surface area contributed by atoms with Crippen LogP contribution in [0.2, 0.25) is 10.0 Å². The van der Waals surface area contributed by atoms with Gasteiger partial charge in [0, 0.05) is 33.3 Å². The van der Waals surface area contributed by atoms with Crippen LogP contribution in [0.15, 0.2) is 164 Å². The zero-order valence-corrected chi connectivity index (χ0v) is 49.2. The van der Waals surface area contributed by atoms with Gasteiger partial charge in [0.2, 0.25) is 0 Å². The number of hydrogen-bond donors (Lipinski definition) is 4. The van der Waals surface area contributed by atoms with E-state index in [0.29, 0.717) is 57.6 Å². The van der Waals surface area contributed by atoms with Crippen molar-refractivity contribution in [2.24, 2.45) is 20.5 Å². The Labute approximate surface area is 493 Å². The number of ether oxygens (including phenoxy) is 2. The Bertz CT molecular complexity index is 3560. The second-order valence-corrected chi connectivity index (χ2v) is 19.8. The second-order valence-electron chi connectivity index (χ2n) is 16.3. The summed E-state index contributed by atoms with van der Waals surface area (Å²) in [6.45, 7) is 8.06. The molecule has 8 aromatic rings. The number of fused-ring (bicyclic) bond motifs is 2. The average molecular weight is 1240 g/mol. The number of aromatic hydroxyl groups is 1. The van der Waals surface area contributed by atoms with Crippen molar-refractivity contribution in [1.82, 2.24) is 0 Å². The van der Waals surface area contributed by atoms with Crippen molar-refractivity contribution in [1.29, 1.82) is 0 Å². The van der Waals surface area contributed by atoms with Crippen LogP contribution in [0.25, 0.3) is 21.5 Å². The van der Waals surface area contributed by atoms with E-state index in [1.54, 1.807) is 111 Å². The molecule has 0 saturated heterocycles. The Morgan fingerprint density at radius 1 is 0.571 bits per heavy atom. The van der Waals surface area contributed by atoms with E-state index < -0.39 is 48.4 Å². The maximum absolute atomic E-state index is 13.4. The monoisotopic (exact) mass is 1240 g/mol. The van der Waals surface area contributed by atoms with Crippen molar-refractivity contribution < 1.29 is 55.2 Å². The van der Waals surface area contributed by atoms with Crippen molar-refractivity contribution in [3.05, 3.63) is 166 Å². The SMILES string of the molecule is CCOc1ccc(NC(=O)c2cc3ccccc3c(N=Nc3c(Cl)ccc(S(=O)(=O)O)c3CC)c2O)cc1.CCOc1ccc(NC(=O)c2cc3ccccc3c(N=Nc3c(Cl)ccc(S(=O)(=O)[O-])c3CC)c2[O-])cc1.[Ba+2]. The molecule has 0 spiro atoms. The van der Waals surface area contributed by atoms with Crippen LogP contribution < -0.4 is 25.2 Å².